The minimum absolute atomic E-state index is 0.00476. The zero-order chi connectivity index (χ0) is 42.7. The molecular formula is C45H74NO11P. The van der Waals surface area contributed by atoms with E-state index in [0.717, 1.165) is 51.4 Å². The third kappa shape index (κ3) is 28.5. The molecule has 0 aliphatic heterocycles. The molecule has 1 rings (SSSR count). The van der Waals surface area contributed by atoms with Gasteiger partial charge in [-0.15, -0.1) is 0 Å². The lowest BCUT2D eigenvalue weighted by Crippen LogP contribution is -2.29. The molecule has 7 atom stereocenters. The predicted molar refractivity (Wildman–Crippen MR) is 230 cm³/mol. The van der Waals surface area contributed by atoms with Gasteiger partial charge >= 0.3 is 19.8 Å². The lowest BCUT2D eigenvalue weighted by atomic mass is 9.89. The van der Waals surface area contributed by atoms with E-state index in [1.54, 1.807) is 6.08 Å². The second kappa shape index (κ2) is 34.9. The van der Waals surface area contributed by atoms with Crippen LogP contribution in [0.25, 0.3) is 0 Å². The number of nitrogens with two attached hydrogens (primary N) is 1. The van der Waals surface area contributed by atoms with Crippen LogP contribution in [0.5, 0.6) is 0 Å². The van der Waals surface area contributed by atoms with Gasteiger partial charge in [0.2, 0.25) is 0 Å². The van der Waals surface area contributed by atoms with Crippen LogP contribution in [0, 0.1) is 11.8 Å². The monoisotopic (exact) mass is 835 g/mol. The predicted octanol–water partition coefficient (Wildman–Crippen LogP) is 8.43. The molecule has 1 unspecified atom stereocenters. The van der Waals surface area contributed by atoms with Crippen molar-refractivity contribution < 1.29 is 52.9 Å². The molecule has 0 bridgehead atoms. The highest BCUT2D eigenvalue weighted by Crippen LogP contribution is 2.43. The van der Waals surface area contributed by atoms with Gasteiger partial charge in [0.05, 0.1) is 31.5 Å². The van der Waals surface area contributed by atoms with Crippen LogP contribution in [0.15, 0.2) is 85.1 Å². The Hall–Kier alpha value is -2.93. The minimum Gasteiger partial charge on any atom is -0.462 e. The second-order valence-electron chi connectivity index (χ2n) is 14.4. The van der Waals surface area contributed by atoms with Crippen molar-refractivity contribution in [2.45, 2.75) is 147 Å². The molecule has 0 saturated heterocycles. The van der Waals surface area contributed by atoms with Gasteiger partial charge in [0.15, 0.2) is 6.10 Å². The van der Waals surface area contributed by atoms with Crippen LogP contribution in [0.1, 0.15) is 123 Å². The Labute approximate surface area is 348 Å². The Morgan fingerprint density at radius 3 is 1.95 bits per heavy atom. The zero-order valence-corrected chi connectivity index (χ0v) is 36.0. The number of allylic oxidation sites excluding steroid dienone is 12. The quantitative estimate of drug-likeness (QED) is 0.0180. The van der Waals surface area contributed by atoms with Crippen molar-refractivity contribution in [1.82, 2.24) is 0 Å². The summed E-state index contributed by atoms with van der Waals surface area (Å²) in [5.41, 5.74) is 5.33. The molecule has 1 aliphatic rings. The Morgan fingerprint density at radius 2 is 1.34 bits per heavy atom. The first-order chi connectivity index (χ1) is 28.0. The Kier molecular flexibility index (Phi) is 31.9. The summed E-state index contributed by atoms with van der Waals surface area (Å²) in [6.07, 6.45) is 37.2. The summed E-state index contributed by atoms with van der Waals surface area (Å²) in [6, 6.07) is 0. The molecule has 58 heavy (non-hydrogen) atoms. The van der Waals surface area contributed by atoms with E-state index in [4.69, 9.17) is 24.3 Å². The number of carbonyl (C=O) groups excluding carboxylic acids is 2. The first kappa shape index (κ1) is 53.1. The fourth-order valence-electron chi connectivity index (χ4n) is 6.13. The molecule has 0 spiro atoms. The maximum Gasteiger partial charge on any atom is 0.472 e. The molecule has 1 aliphatic carbocycles. The average molecular weight is 836 g/mol. The maximum absolute atomic E-state index is 12.6. The summed E-state index contributed by atoms with van der Waals surface area (Å²) >= 11 is 0. The fourth-order valence-corrected chi connectivity index (χ4v) is 6.90. The second-order valence-corrected chi connectivity index (χ2v) is 15.9. The summed E-state index contributed by atoms with van der Waals surface area (Å²) in [5, 5.41) is 31.3. The van der Waals surface area contributed by atoms with Crippen molar-refractivity contribution in [3.8, 4) is 0 Å². The van der Waals surface area contributed by atoms with Gasteiger partial charge in [0, 0.05) is 31.7 Å². The van der Waals surface area contributed by atoms with E-state index in [-0.39, 0.29) is 50.9 Å². The van der Waals surface area contributed by atoms with Crippen LogP contribution in [0.2, 0.25) is 0 Å². The van der Waals surface area contributed by atoms with Gasteiger partial charge in [-0.3, -0.25) is 18.6 Å². The highest BCUT2D eigenvalue weighted by atomic mass is 31.2. The summed E-state index contributed by atoms with van der Waals surface area (Å²) in [7, 11) is -4.46. The van der Waals surface area contributed by atoms with Crippen LogP contribution >= 0.6 is 7.82 Å². The van der Waals surface area contributed by atoms with Gasteiger partial charge in [-0.05, 0) is 76.5 Å². The highest BCUT2D eigenvalue weighted by molar-refractivity contribution is 7.47. The van der Waals surface area contributed by atoms with E-state index in [0.29, 0.717) is 38.5 Å². The molecule has 0 aromatic heterocycles. The normalized spacial score (nSPS) is 21.2. The number of esters is 2. The number of rotatable bonds is 34. The molecule has 0 aromatic carbocycles. The van der Waals surface area contributed by atoms with Crippen molar-refractivity contribution in [3.63, 3.8) is 0 Å². The lowest BCUT2D eigenvalue weighted by Gasteiger charge is -2.20. The number of ether oxygens (including phenoxy) is 2. The largest absolute Gasteiger partial charge is 0.472 e. The molecule has 0 heterocycles. The summed E-state index contributed by atoms with van der Waals surface area (Å²) in [5.74, 6) is -1.52. The number of hydrogen-bond acceptors (Lipinski definition) is 11. The van der Waals surface area contributed by atoms with Crippen LogP contribution in [0.4, 0.5) is 0 Å². The van der Waals surface area contributed by atoms with Crippen LogP contribution in [-0.4, -0.2) is 82.9 Å². The smallest absolute Gasteiger partial charge is 0.462 e. The van der Waals surface area contributed by atoms with Gasteiger partial charge in [-0.25, -0.2) is 4.57 Å². The van der Waals surface area contributed by atoms with E-state index in [2.05, 4.69) is 62.5 Å². The fraction of sp³-hybridized carbons (Fsp3) is 0.644. The molecule has 13 heteroatoms. The summed E-state index contributed by atoms with van der Waals surface area (Å²) in [4.78, 5) is 35.0. The van der Waals surface area contributed by atoms with Crippen LogP contribution in [-0.2, 0) is 32.7 Å². The van der Waals surface area contributed by atoms with E-state index in [9.17, 15) is 34.4 Å². The van der Waals surface area contributed by atoms with E-state index in [1.807, 2.05) is 30.4 Å². The Balaban J connectivity index is 2.47. The van der Waals surface area contributed by atoms with E-state index < -0.39 is 50.8 Å². The van der Waals surface area contributed by atoms with Crippen molar-refractivity contribution in [2.24, 2.45) is 17.6 Å². The molecule has 0 amide bonds. The Morgan fingerprint density at radius 1 is 0.759 bits per heavy atom. The molecular weight excluding hydrogens is 761 g/mol. The van der Waals surface area contributed by atoms with Crippen LogP contribution in [0.3, 0.4) is 0 Å². The molecule has 1 saturated carbocycles. The van der Waals surface area contributed by atoms with E-state index >= 15 is 0 Å². The average Bonchev–Trinajstić information content (AvgIpc) is 3.47. The standard InChI is InChI=1S/C45H74NO11P/c1-3-5-7-8-9-10-11-12-13-14-15-16-17-18-19-20-26-30-45(51)57-39(37-56-58(52,53)55-34-33-46)36-54-44(50)29-25-22-21-24-28-40-41(43(49)35-42(40)48)32-31-38(47)27-23-6-4-2/h5,7,9-10,12-13,15-16,18-19,21,24,31-32,38-43,47-49H,3-4,6,8,11,14,17,20,22-23,25-30,33-37,46H2,1-2H3,(H,52,53)/b7-5-,10-9-,13-12-,16-15-,19-18-,24-21+,32-31+/t38-,39+,40+,41+,42-,43+/m0/s1. The SMILES string of the molecule is CC/C=C\C/C=C\C/C=C\C/C=C\C/C=C\CCCC(=O)O[C@H](COC(=O)CCC/C=C/C[C@@H]1[C@@H](/C=C/[C@@H](O)CCCCC)[C@H](O)C[C@@H]1O)COP(=O)(O)OCCN. The summed E-state index contributed by atoms with van der Waals surface area (Å²) in [6.45, 7) is 3.14. The number of phosphoric acid groups is 1. The molecule has 6 N–H and O–H groups in total. The summed E-state index contributed by atoms with van der Waals surface area (Å²) < 4.78 is 32.7. The minimum atomic E-state index is -4.46. The first-order valence-corrected chi connectivity index (χ1v) is 22.8. The van der Waals surface area contributed by atoms with Crippen molar-refractivity contribution in [3.05, 3.63) is 85.1 Å². The molecule has 12 nitrogen and oxygen atoms in total. The Bertz CT molecular complexity index is 1340. The third-order valence-corrected chi connectivity index (χ3v) is 10.3. The topological polar surface area (TPSA) is 195 Å². The maximum atomic E-state index is 12.6. The van der Waals surface area contributed by atoms with Gasteiger partial charge in [0.25, 0.3) is 0 Å². The molecule has 1 fully saturated rings. The first-order valence-electron chi connectivity index (χ1n) is 21.3. The molecule has 0 radical (unpaired) electrons. The number of carbonyl (C=O) groups is 2. The zero-order valence-electron chi connectivity index (χ0n) is 35.1. The molecule has 0 aromatic rings. The van der Waals surface area contributed by atoms with Crippen molar-refractivity contribution >= 4 is 19.8 Å². The highest BCUT2D eigenvalue weighted by Gasteiger charge is 2.39. The number of aliphatic hydroxyl groups excluding tert-OH is 3. The number of phosphoric ester groups is 1. The number of aliphatic hydroxyl groups is 3. The number of hydrogen-bond donors (Lipinski definition) is 5. The third-order valence-electron chi connectivity index (χ3n) is 9.33. The lowest BCUT2D eigenvalue weighted by molar-refractivity contribution is -0.161. The van der Waals surface area contributed by atoms with Crippen LogP contribution < -0.4 is 5.73 Å². The number of unbranched alkanes of at least 4 members (excludes halogenated alkanes) is 4. The van der Waals surface area contributed by atoms with Crippen molar-refractivity contribution in [1.29, 1.82) is 0 Å². The van der Waals surface area contributed by atoms with Crippen molar-refractivity contribution in [2.75, 3.05) is 26.4 Å². The van der Waals surface area contributed by atoms with Gasteiger partial charge in [-0.1, -0.05) is 118 Å². The van der Waals surface area contributed by atoms with Gasteiger partial charge < -0.3 is 35.4 Å². The van der Waals surface area contributed by atoms with Gasteiger partial charge in [0.1, 0.15) is 6.61 Å². The van der Waals surface area contributed by atoms with E-state index in [1.165, 1.54) is 0 Å². The molecule has 330 valence electrons. The van der Waals surface area contributed by atoms with Gasteiger partial charge in [-0.2, -0.15) is 0 Å².